The van der Waals surface area contributed by atoms with Crippen molar-refractivity contribution in [3.8, 4) is 39.2 Å². The summed E-state index contributed by atoms with van der Waals surface area (Å²) >= 11 is 0. The van der Waals surface area contributed by atoms with Gasteiger partial charge in [-0.1, -0.05) is 121 Å². The highest BCUT2D eigenvalue weighted by atomic mass is 16.3. The number of pyridine rings is 2. The van der Waals surface area contributed by atoms with Crippen molar-refractivity contribution in [1.82, 2.24) is 14.5 Å². The standard InChI is InChI=1S/C48H29N3O/c1-2-10-30(11-3-1)40-29-42(50-48-38(40)17-9-27-49-48)33-21-19-32(20-22-33)36-15-8-16-37-41-28-34(24-26-45(41)52-47(36)37)51-43-18-7-6-14-39(43)46-35-13-5-4-12-31(35)23-25-44(46)51/h1-29H. The zero-order valence-electron chi connectivity index (χ0n) is 28.0. The van der Waals surface area contributed by atoms with Crippen LogP contribution in [-0.4, -0.2) is 14.5 Å². The zero-order valence-corrected chi connectivity index (χ0v) is 28.0. The Balaban J connectivity index is 1.03. The molecule has 0 atom stereocenters. The minimum Gasteiger partial charge on any atom is -0.455 e. The summed E-state index contributed by atoms with van der Waals surface area (Å²) < 4.78 is 9.03. The average Bonchev–Trinajstić information content (AvgIpc) is 3.76. The van der Waals surface area contributed by atoms with Gasteiger partial charge >= 0.3 is 0 Å². The Morgan fingerprint density at radius 3 is 2.12 bits per heavy atom. The van der Waals surface area contributed by atoms with Crippen molar-refractivity contribution in [3.05, 3.63) is 176 Å². The highest BCUT2D eigenvalue weighted by molar-refractivity contribution is 6.21. The molecule has 0 saturated carbocycles. The number of rotatable bonds is 4. The fourth-order valence-corrected chi connectivity index (χ4v) is 8.05. The maximum atomic E-state index is 6.64. The summed E-state index contributed by atoms with van der Waals surface area (Å²) in [6.45, 7) is 0. The number of fused-ring (bicyclic) bond motifs is 9. The SMILES string of the molecule is c1ccc(-c2cc(-c3ccc(-c4cccc5c4oc4ccc(-n6c7ccccc7c7c8ccccc8ccc76)cc45)cc3)nc3ncccc23)cc1. The van der Waals surface area contributed by atoms with E-state index >= 15 is 0 Å². The van der Waals surface area contributed by atoms with E-state index in [1.54, 1.807) is 6.20 Å². The van der Waals surface area contributed by atoms with Gasteiger partial charge in [0.05, 0.1) is 16.7 Å². The predicted molar refractivity (Wildman–Crippen MR) is 215 cm³/mol. The molecule has 0 N–H and O–H groups in total. The van der Waals surface area contributed by atoms with Gasteiger partial charge in [0.25, 0.3) is 0 Å². The van der Waals surface area contributed by atoms with Crippen LogP contribution in [-0.2, 0) is 0 Å². The number of hydrogen-bond donors (Lipinski definition) is 0. The van der Waals surface area contributed by atoms with Crippen LogP contribution in [0.5, 0.6) is 0 Å². The molecule has 0 fully saturated rings. The molecule has 0 aliphatic heterocycles. The van der Waals surface area contributed by atoms with E-state index in [1.807, 2.05) is 12.1 Å². The van der Waals surface area contributed by atoms with Gasteiger partial charge in [0.15, 0.2) is 5.65 Å². The largest absolute Gasteiger partial charge is 0.455 e. The number of furan rings is 1. The molecule has 242 valence electrons. The Bertz CT molecular complexity index is 3170. The minimum atomic E-state index is 0.739. The molecule has 4 heteroatoms. The lowest BCUT2D eigenvalue weighted by molar-refractivity contribution is 0.670. The first-order valence-electron chi connectivity index (χ1n) is 17.6. The van der Waals surface area contributed by atoms with E-state index < -0.39 is 0 Å². The number of benzene rings is 7. The van der Waals surface area contributed by atoms with Crippen LogP contribution >= 0.6 is 0 Å². The van der Waals surface area contributed by atoms with Gasteiger partial charge in [0.2, 0.25) is 0 Å². The lowest BCUT2D eigenvalue weighted by Gasteiger charge is -2.10. The molecular formula is C48H29N3O. The molecule has 7 aromatic carbocycles. The molecule has 0 radical (unpaired) electrons. The van der Waals surface area contributed by atoms with E-state index in [1.165, 1.54) is 32.6 Å². The first-order valence-corrected chi connectivity index (χ1v) is 17.6. The van der Waals surface area contributed by atoms with Gasteiger partial charge in [-0.05, 0) is 76.0 Å². The molecule has 4 aromatic heterocycles. The molecule has 0 unspecified atom stereocenters. The molecule has 4 nitrogen and oxygen atoms in total. The maximum Gasteiger partial charge on any atom is 0.160 e. The number of hydrogen-bond acceptors (Lipinski definition) is 3. The molecule has 0 amide bonds. The summed E-state index contributed by atoms with van der Waals surface area (Å²) in [7, 11) is 0. The second kappa shape index (κ2) is 11.2. The summed E-state index contributed by atoms with van der Waals surface area (Å²) in [5, 5.41) is 8.29. The van der Waals surface area contributed by atoms with Crippen LogP contribution in [0.25, 0.3) is 105 Å². The fraction of sp³-hybridized carbons (Fsp3) is 0. The van der Waals surface area contributed by atoms with E-state index in [9.17, 15) is 0 Å². The van der Waals surface area contributed by atoms with Crippen LogP contribution in [0.2, 0.25) is 0 Å². The van der Waals surface area contributed by atoms with Crippen LogP contribution in [0.3, 0.4) is 0 Å². The van der Waals surface area contributed by atoms with Crippen molar-refractivity contribution >= 4 is 65.6 Å². The summed E-state index contributed by atoms with van der Waals surface area (Å²) in [4.78, 5) is 9.58. The predicted octanol–water partition coefficient (Wildman–Crippen LogP) is 12.8. The van der Waals surface area contributed by atoms with E-state index in [0.29, 0.717) is 0 Å². The number of para-hydroxylation sites is 2. The number of nitrogens with zero attached hydrogens (tertiary/aromatic N) is 3. The van der Waals surface area contributed by atoms with Gasteiger partial charge < -0.3 is 8.98 Å². The van der Waals surface area contributed by atoms with Crippen molar-refractivity contribution in [1.29, 1.82) is 0 Å². The van der Waals surface area contributed by atoms with Crippen LogP contribution in [0.4, 0.5) is 0 Å². The van der Waals surface area contributed by atoms with Gasteiger partial charge in [-0.15, -0.1) is 0 Å². The van der Waals surface area contributed by atoms with Crippen LogP contribution in [0.15, 0.2) is 180 Å². The van der Waals surface area contributed by atoms with E-state index in [2.05, 4.69) is 167 Å². The van der Waals surface area contributed by atoms with E-state index in [-0.39, 0.29) is 0 Å². The summed E-state index contributed by atoms with van der Waals surface area (Å²) in [5.41, 5.74) is 12.3. The second-order valence-corrected chi connectivity index (χ2v) is 13.4. The molecule has 52 heavy (non-hydrogen) atoms. The van der Waals surface area contributed by atoms with Crippen LogP contribution in [0, 0.1) is 0 Å². The van der Waals surface area contributed by atoms with Gasteiger partial charge in [-0.25, -0.2) is 9.97 Å². The van der Waals surface area contributed by atoms with Crippen LogP contribution < -0.4 is 0 Å². The second-order valence-electron chi connectivity index (χ2n) is 13.4. The van der Waals surface area contributed by atoms with Crippen molar-refractivity contribution in [2.75, 3.05) is 0 Å². The topological polar surface area (TPSA) is 43.9 Å². The van der Waals surface area contributed by atoms with E-state index in [0.717, 1.165) is 72.2 Å². The third-order valence-corrected chi connectivity index (χ3v) is 10.5. The van der Waals surface area contributed by atoms with Gasteiger partial charge in [-0.3, -0.25) is 0 Å². The molecule has 11 rings (SSSR count). The average molecular weight is 664 g/mol. The molecule has 0 aliphatic rings. The smallest absolute Gasteiger partial charge is 0.160 e. The number of aromatic nitrogens is 3. The van der Waals surface area contributed by atoms with Crippen LogP contribution in [0.1, 0.15) is 0 Å². The van der Waals surface area contributed by atoms with E-state index in [4.69, 9.17) is 9.40 Å². The lowest BCUT2D eigenvalue weighted by atomic mass is 9.98. The molecule has 0 bridgehead atoms. The molecular weight excluding hydrogens is 635 g/mol. The Morgan fingerprint density at radius 1 is 0.462 bits per heavy atom. The van der Waals surface area contributed by atoms with Crippen molar-refractivity contribution in [2.45, 2.75) is 0 Å². The van der Waals surface area contributed by atoms with Gasteiger partial charge in [0, 0.05) is 49.9 Å². The molecule has 0 saturated heterocycles. The first kappa shape index (κ1) is 28.8. The zero-order chi connectivity index (χ0) is 34.2. The summed E-state index contributed by atoms with van der Waals surface area (Å²) in [6.07, 6.45) is 1.80. The summed E-state index contributed by atoms with van der Waals surface area (Å²) in [5.74, 6) is 0. The molecule has 0 spiro atoms. The Morgan fingerprint density at radius 2 is 1.21 bits per heavy atom. The maximum absolute atomic E-state index is 6.64. The Hall–Kier alpha value is -7.04. The summed E-state index contributed by atoms with van der Waals surface area (Å²) in [6, 6.07) is 60.1. The highest BCUT2D eigenvalue weighted by Gasteiger charge is 2.18. The Labute approximate surface area is 298 Å². The lowest BCUT2D eigenvalue weighted by Crippen LogP contribution is -1.93. The normalized spacial score (nSPS) is 11.8. The first-order chi connectivity index (χ1) is 25.8. The van der Waals surface area contributed by atoms with Crippen molar-refractivity contribution < 1.29 is 4.42 Å². The fourth-order valence-electron chi connectivity index (χ4n) is 8.05. The van der Waals surface area contributed by atoms with Gasteiger partial charge in [0.1, 0.15) is 11.2 Å². The highest BCUT2D eigenvalue weighted by Crippen LogP contribution is 2.41. The third-order valence-electron chi connectivity index (χ3n) is 10.5. The van der Waals surface area contributed by atoms with Crippen molar-refractivity contribution in [3.63, 3.8) is 0 Å². The molecule has 4 heterocycles. The third kappa shape index (κ3) is 4.34. The minimum absolute atomic E-state index is 0.739. The monoisotopic (exact) mass is 663 g/mol. The van der Waals surface area contributed by atoms with Gasteiger partial charge in [-0.2, -0.15) is 0 Å². The quantitative estimate of drug-likeness (QED) is 0.188. The Kier molecular flexibility index (Phi) is 6.22. The van der Waals surface area contributed by atoms with Crippen molar-refractivity contribution in [2.24, 2.45) is 0 Å². The molecule has 0 aliphatic carbocycles. The molecule has 11 aromatic rings.